The van der Waals surface area contributed by atoms with E-state index in [-0.39, 0.29) is 0 Å². The van der Waals surface area contributed by atoms with Crippen molar-refractivity contribution >= 4 is 39.0 Å². The van der Waals surface area contributed by atoms with Crippen molar-refractivity contribution in [3.63, 3.8) is 0 Å². The minimum absolute atomic E-state index is 0.812. The van der Waals surface area contributed by atoms with Gasteiger partial charge in [0.15, 0.2) is 5.58 Å². The van der Waals surface area contributed by atoms with Gasteiger partial charge in [-0.25, -0.2) is 0 Å². The summed E-state index contributed by atoms with van der Waals surface area (Å²) in [6, 6.07) is 46.9. The highest BCUT2D eigenvalue weighted by atomic mass is 16.3. The van der Waals surface area contributed by atoms with E-state index >= 15 is 0 Å². The van der Waals surface area contributed by atoms with E-state index in [0.717, 1.165) is 50.1 Å². The van der Waals surface area contributed by atoms with Crippen LogP contribution in [0.5, 0.6) is 0 Å². The molecular formula is C35H24N2O. The molecule has 0 radical (unpaired) electrons. The van der Waals surface area contributed by atoms with Crippen molar-refractivity contribution in [2.24, 2.45) is 0 Å². The van der Waals surface area contributed by atoms with Gasteiger partial charge < -0.3 is 9.32 Å². The van der Waals surface area contributed by atoms with Gasteiger partial charge in [0.05, 0.1) is 6.20 Å². The molecule has 3 heteroatoms. The van der Waals surface area contributed by atoms with Gasteiger partial charge >= 0.3 is 0 Å². The van der Waals surface area contributed by atoms with E-state index in [1.807, 2.05) is 24.4 Å². The van der Waals surface area contributed by atoms with Crippen LogP contribution in [0.3, 0.4) is 0 Å². The predicted octanol–water partition coefficient (Wildman–Crippen LogP) is 9.78. The van der Waals surface area contributed by atoms with Crippen molar-refractivity contribution in [3.05, 3.63) is 146 Å². The molecule has 0 N–H and O–H groups in total. The van der Waals surface area contributed by atoms with Gasteiger partial charge in [-0.15, -0.1) is 0 Å². The summed E-state index contributed by atoms with van der Waals surface area (Å²) < 4.78 is 5.96. The van der Waals surface area contributed by atoms with Crippen LogP contribution in [0.1, 0.15) is 0 Å². The molecular weight excluding hydrogens is 464 g/mol. The minimum atomic E-state index is 0.812. The molecule has 0 saturated heterocycles. The predicted molar refractivity (Wildman–Crippen MR) is 157 cm³/mol. The maximum Gasteiger partial charge on any atom is 0.153 e. The van der Waals surface area contributed by atoms with Crippen LogP contribution in [0.15, 0.2) is 150 Å². The van der Waals surface area contributed by atoms with Crippen LogP contribution in [-0.2, 0) is 0 Å². The van der Waals surface area contributed by atoms with Gasteiger partial charge in [-0.3, -0.25) is 4.98 Å². The first-order valence-corrected chi connectivity index (χ1v) is 12.7. The SMILES string of the molecule is c1ccc(-c2ccc(N(c3ccccc3)c3ccc(-c4ccc5oc6cnccc6c5c4)cc3)cc2)cc1. The Bertz CT molecular complexity index is 1840. The second kappa shape index (κ2) is 9.38. The number of anilines is 3. The van der Waals surface area contributed by atoms with Gasteiger partial charge in [-0.05, 0) is 76.9 Å². The standard InChI is InChI=1S/C35H24N2O/c1-3-7-25(8-4-1)26-11-16-30(17-12-26)37(29-9-5-2-6-10-29)31-18-13-27(14-19-31)28-15-20-34-33(23-28)32-21-22-36-24-35(32)38-34/h1-24H. The second-order valence-electron chi connectivity index (χ2n) is 9.32. The summed E-state index contributed by atoms with van der Waals surface area (Å²) in [5, 5.41) is 2.19. The van der Waals surface area contributed by atoms with Crippen LogP contribution >= 0.6 is 0 Å². The number of fused-ring (bicyclic) bond motifs is 3. The van der Waals surface area contributed by atoms with Gasteiger partial charge in [-0.1, -0.05) is 78.9 Å². The number of aromatic nitrogens is 1. The highest BCUT2D eigenvalue weighted by molar-refractivity contribution is 6.06. The molecule has 0 amide bonds. The zero-order valence-corrected chi connectivity index (χ0v) is 20.7. The lowest BCUT2D eigenvalue weighted by Crippen LogP contribution is -2.09. The summed E-state index contributed by atoms with van der Waals surface area (Å²) in [6.07, 6.45) is 3.58. The summed E-state index contributed by atoms with van der Waals surface area (Å²) in [5.41, 5.74) is 9.76. The number of rotatable bonds is 5. The molecule has 0 aliphatic carbocycles. The Hall–Kier alpha value is -5.15. The summed E-state index contributed by atoms with van der Waals surface area (Å²) >= 11 is 0. The third kappa shape index (κ3) is 4.00. The molecule has 7 rings (SSSR count). The number of para-hydroxylation sites is 1. The van der Waals surface area contributed by atoms with Gasteiger partial charge in [0.2, 0.25) is 0 Å². The van der Waals surface area contributed by atoms with Crippen molar-refractivity contribution in [1.82, 2.24) is 4.98 Å². The van der Waals surface area contributed by atoms with Gasteiger partial charge in [0.25, 0.3) is 0 Å². The van der Waals surface area contributed by atoms with Crippen molar-refractivity contribution in [2.75, 3.05) is 4.90 Å². The summed E-state index contributed by atoms with van der Waals surface area (Å²) in [7, 11) is 0. The molecule has 180 valence electrons. The number of hydrogen-bond donors (Lipinski definition) is 0. The highest BCUT2D eigenvalue weighted by Crippen LogP contribution is 2.37. The number of hydrogen-bond acceptors (Lipinski definition) is 3. The monoisotopic (exact) mass is 488 g/mol. The lowest BCUT2D eigenvalue weighted by molar-refractivity contribution is 0.667. The molecule has 0 aliphatic rings. The first kappa shape index (κ1) is 22.1. The van der Waals surface area contributed by atoms with E-state index in [4.69, 9.17) is 4.42 Å². The van der Waals surface area contributed by atoms with Gasteiger partial charge in [0.1, 0.15) is 5.58 Å². The maximum absolute atomic E-state index is 5.96. The summed E-state index contributed by atoms with van der Waals surface area (Å²) in [4.78, 5) is 6.48. The zero-order valence-electron chi connectivity index (χ0n) is 20.7. The average Bonchev–Trinajstić information content (AvgIpc) is 3.37. The third-order valence-corrected chi connectivity index (χ3v) is 6.98. The Balaban J connectivity index is 1.26. The Labute approximate surface area is 221 Å². The van der Waals surface area contributed by atoms with Gasteiger partial charge in [-0.2, -0.15) is 0 Å². The molecule has 2 aromatic heterocycles. The average molecular weight is 489 g/mol. The fourth-order valence-electron chi connectivity index (χ4n) is 5.07. The Morgan fingerprint density at radius 2 is 1.00 bits per heavy atom. The Morgan fingerprint density at radius 1 is 0.447 bits per heavy atom. The number of nitrogens with zero attached hydrogens (tertiary/aromatic N) is 2. The fourth-order valence-corrected chi connectivity index (χ4v) is 5.07. The molecule has 0 unspecified atom stereocenters. The molecule has 5 aromatic carbocycles. The van der Waals surface area contributed by atoms with E-state index < -0.39 is 0 Å². The molecule has 2 heterocycles. The molecule has 0 spiro atoms. The smallest absolute Gasteiger partial charge is 0.153 e. The first-order chi connectivity index (χ1) is 18.8. The van der Waals surface area contributed by atoms with Crippen LogP contribution in [-0.4, -0.2) is 4.98 Å². The normalized spacial score (nSPS) is 11.2. The van der Waals surface area contributed by atoms with E-state index in [9.17, 15) is 0 Å². The van der Waals surface area contributed by atoms with Crippen molar-refractivity contribution in [2.45, 2.75) is 0 Å². The lowest BCUT2D eigenvalue weighted by Gasteiger charge is -2.26. The van der Waals surface area contributed by atoms with E-state index in [1.165, 1.54) is 11.1 Å². The third-order valence-electron chi connectivity index (χ3n) is 6.98. The van der Waals surface area contributed by atoms with Crippen molar-refractivity contribution in [1.29, 1.82) is 0 Å². The molecule has 3 nitrogen and oxygen atoms in total. The molecule has 0 saturated carbocycles. The topological polar surface area (TPSA) is 29.3 Å². The van der Waals surface area contributed by atoms with Crippen LogP contribution in [0, 0.1) is 0 Å². The number of benzene rings is 5. The number of furan rings is 1. The second-order valence-corrected chi connectivity index (χ2v) is 9.32. The van der Waals surface area contributed by atoms with Crippen molar-refractivity contribution in [3.8, 4) is 22.3 Å². The van der Waals surface area contributed by atoms with E-state index in [2.05, 4.69) is 125 Å². The summed E-state index contributed by atoms with van der Waals surface area (Å²) in [5.74, 6) is 0. The maximum atomic E-state index is 5.96. The Morgan fingerprint density at radius 3 is 1.68 bits per heavy atom. The fraction of sp³-hybridized carbons (Fsp3) is 0. The van der Waals surface area contributed by atoms with Crippen LogP contribution in [0.25, 0.3) is 44.2 Å². The molecule has 7 aromatic rings. The number of pyridine rings is 1. The molecule has 38 heavy (non-hydrogen) atoms. The first-order valence-electron chi connectivity index (χ1n) is 12.7. The lowest BCUT2D eigenvalue weighted by atomic mass is 10.0. The van der Waals surface area contributed by atoms with Gasteiger partial charge in [0, 0.05) is 34.0 Å². The molecule has 0 aliphatic heterocycles. The van der Waals surface area contributed by atoms with E-state index in [0.29, 0.717) is 0 Å². The van der Waals surface area contributed by atoms with E-state index in [1.54, 1.807) is 6.20 Å². The molecule has 0 bridgehead atoms. The molecule has 0 fully saturated rings. The van der Waals surface area contributed by atoms with Crippen LogP contribution < -0.4 is 4.90 Å². The summed E-state index contributed by atoms with van der Waals surface area (Å²) in [6.45, 7) is 0. The zero-order chi connectivity index (χ0) is 25.3. The minimum Gasteiger partial charge on any atom is -0.454 e. The van der Waals surface area contributed by atoms with Crippen molar-refractivity contribution < 1.29 is 4.42 Å². The van der Waals surface area contributed by atoms with Crippen LogP contribution in [0.4, 0.5) is 17.1 Å². The largest absolute Gasteiger partial charge is 0.454 e. The quantitative estimate of drug-likeness (QED) is 0.241. The Kier molecular flexibility index (Phi) is 5.45. The van der Waals surface area contributed by atoms with Crippen LogP contribution in [0.2, 0.25) is 0 Å². The molecule has 0 atom stereocenters. The highest BCUT2D eigenvalue weighted by Gasteiger charge is 2.13.